The van der Waals surface area contributed by atoms with Crippen molar-refractivity contribution in [2.45, 2.75) is 0 Å². The number of para-hydroxylation sites is 1. The number of rotatable bonds is 3. The number of Topliss-reactive ketones (excluding diaryl/α,β-unsaturated/α-hetero) is 1. The van der Waals surface area contributed by atoms with E-state index in [4.69, 9.17) is 0 Å². The predicted octanol–water partition coefficient (Wildman–Crippen LogP) is 3.53. The van der Waals surface area contributed by atoms with Crippen molar-refractivity contribution >= 4 is 34.3 Å². The van der Waals surface area contributed by atoms with Crippen LogP contribution in [0.2, 0.25) is 0 Å². The highest BCUT2D eigenvalue weighted by Gasteiger charge is 2.31. The van der Waals surface area contributed by atoms with E-state index in [1.165, 1.54) is 0 Å². The van der Waals surface area contributed by atoms with Gasteiger partial charge in [-0.15, -0.1) is 0 Å². The molecule has 4 nitrogen and oxygen atoms in total. The van der Waals surface area contributed by atoms with Gasteiger partial charge in [0.25, 0.3) is 0 Å². The van der Waals surface area contributed by atoms with E-state index in [0.717, 1.165) is 28.9 Å². The van der Waals surface area contributed by atoms with Crippen molar-refractivity contribution in [3.8, 4) is 0 Å². The van der Waals surface area contributed by atoms with Crippen molar-refractivity contribution < 1.29 is 4.79 Å². The summed E-state index contributed by atoms with van der Waals surface area (Å²) in [5.41, 5.74) is 2.78. The number of carbonyl (C=O) groups is 1. The molecule has 0 bridgehead atoms. The van der Waals surface area contributed by atoms with Crippen molar-refractivity contribution in [1.82, 2.24) is 9.97 Å². The van der Waals surface area contributed by atoms with Gasteiger partial charge in [0, 0.05) is 29.4 Å². The largest absolute Gasteiger partial charge is 0.352 e. The minimum absolute atomic E-state index is 0.0123. The Morgan fingerprint density at radius 3 is 3.00 bits per heavy atom. The van der Waals surface area contributed by atoms with Crippen LogP contribution in [0.5, 0.6) is 0 Å². The molecule has 2 aromatic heterocycles. The summed E-state index contributed by atoms with van der Waals surface area (Å²) in [6.45, 7) is 0.727. The van der Waals surface area contributed by atoms with E-state index >= 15 is 0 Å². The SMILES string of the molecule is O=C(c1cc2ccccc2[nH]1)C1CSN(c2cccnc2)C1. The fourth-order valence-electron chi connectivity index (χ4n) is 2.75. The first-order valence-electron chi connectivity index (χ1n) is 7.24. The molecule has 110 valence electrons. The standard InChI is InChI=1S/C17H15N3OS/c21-17(16-8-12-4-1-2-6-15(12)19-16)13-10-20(22-11-13)14-5-3-7-18-9-14/h1-9,13,19H,10-11H2. The van der Waals surface area contributed by atoms with Gasteiger partial charge < -0.3 is 9.29 Å². The molecule has 0 amide bonds. The van der Waals surface area contributed by atoms with Crippen molar-refractivity contribution in [3.05, 3.63) is 60.6 Å². The molecule has 1 fully saturated rings. The van der Waals surface area contributed by atoms with Crippen molar-refractivity contribution in [1.29, 1.82) is 0 Å². The highest BCUT2D eigenvalue weighted by Crippen LogP contribution is 2.32. The molecule has 4 rings (SSSR count). The number of anilines is 1. The number of nitrogens with zero attached hydrogens (tertiary/aromatic N) is 2. The summed E-state index contributed by atoms with van der Waals surface area (Å²) in [7, 11) is 0. The van der Waals surface area contributed by atoms with E-state index < -0.39 is 0 Å². The molecule has 3 heterocycles. The molecule has 1 N–H and O–H groups in total. The van der Waals surface area contributed by atoms with Gasteiger partial charge in [0.2, 0.25) is 0 Å². The minimum atomic E-state index is 0.0123. The number of carbonyl (C=O) groups excluding carboxylic acids is 1. The molecule has 1 atom stereocenters. The van der Waals surface area contributed by atoms with Crippen LogP contribution in [0.1, 0.15) is 10.5 Å². The van der Waals surface area contributed by atoms with Crippen LogP contribution in [0.25, 0.3) is 10.9 Å². The highest BCUT2D eigenvalue weighted by molar-refractivity contribution is 8.00. The van der Waals surface area contributed by atoms with Crippen LogP contribution in [-0.4, -0.2) is 28.0 Å². The lowest BCUT2D eigenvalue weighted by Gasteiger charge is -2.15. The van der Waals surface area contributed by atoms with Gasteiger partial charge in [-0.3, -0.25) is 9.78 Å². The summed E-state index contributed by atoms with van der Waals surface area (Å²) >= 11 is 1.69. The second kappa shape index (κ2) is 5.50. The second-order valence-corrected chi connectivity index (χ2v) is 6.43. The molecule has 1 aliphatic rings. The molecule has 0 spiro atoms. The van der Waals surface area contributed by atoms with Gasteiger partial charge in [-0.25, -0.2) is 0 Å². The van der Waals surface area contributed by atoms with Crippen LogP contribution in [0.4, 0.5) is 5.69 Å². The maximum atomic E-state index is 12.7. The second-order valence-electron chi connectivity index (χ2n) is 5.40. The molecular weight excluding hydrogens is 294 g/mol. The zero-order valence-electron chi connectivity index (χ0n) is 11.9. The first-order chi connectivity index (χ1) is 10.8. The van der Waals surface area contributed by atoms with Crippen LogP contribution in [0, 0.1) is 5.92 Å². The molecule has 0 saturated carbocycles. The Bertz CT molecular complexity index is 782. The number of aromatic nitrogens is 2. The number of nitrogens with one attached hydrogen (secondary N) is 1. The predicted molar refractivity (Wildman–Crippen MR) is 90.2 cm³/mol. The summed E-state index contributed by atoms with van der Waals surface area (Å²) in [6, 6.07) is 13.9. The number of aromatic amines is 1. The van der Waals surface area contributed by atoms with Crippen LogP contribution in [0.3, 0.4) is 0 Å². The zero-order valence-corrected chi connectivity index (χ0v) is 12.7. The summed E-state index contributed by atoms with van der Waals surface area (Å²) in [5.74, 6) is 1.01. The van der Waals surface area contributed by atoms with E-state index in [-0.39, 0.29) is 11.7 Å². The average molecular weight is 309 g/mol. The van der Waals surface area contributed by atoms with Crippen LogP contribution >= 0.6 is 11.9 Å². The Morgan fingerprint density at radius 2 is 2.18 bits per heavy atom. The van der Waals surface area contributed by atoms with Gasteiger partial charge >= 0.3 is 0 Å². The van der Waals surface area contributed by atoms with Gasteiger partial charge in [0.15, 0.2) is 5.78 Å². The molecule has 1 unspecified atom stereocenters. The van der Waals surface area contributed by atoms with Gasteiger partial charge in [-0.2, -0.15) is 0 Å². The van der Waals surface area contributed by atoms with E-state index in [1.54, 1.807) is 18.1 Å². The molecule has 0 radical (unpaired) electrons. The molecule has 0 aliphatic carbocycles. The number of fused-ring (bicyclic) bond motifs is 1. The van der Waals surface area contributed by atoms with Gasteiger partial charge in [0.1, 0.15) is 0 Å². The monoisotopic (exact) mass is 309 g/mol. The maximum absolute atomic E-state index is 12.7. The van der Waals surface area contributed by atoms with Crippen molar-refractivity contribution in [3.63, 3.8) is 0 Å². The van der Waals surface area contributed by atoms with Gasteiger partial charge in [-0.1, -0.05) is 18.2 Å². The topological polar surface area (TPSA) is 49.0 Å². The van der Waals surface area contributed by atoms with Gasteiger partial charge in [-0.05, 0) is 36.2 Å². The summed E-state index contributed by atoms with van der Waals surface area (Å²) < 4.78 is 2.15. The van der Waals surface area contributed by atoms with E-state index in [9.17, 15) is 4.79 Å². The molecule has 5 heteroatoms. The number of ketones is 1. The molecule has 1 saturated heterocycles. The third kappa shape index (κ3) is 2.37. The van der Waals surface area contributed by atoms with E-state index in [0.29, 0.717) is 5.69 Å². The van der Waals surface area contributed by atoms with Crippen LogP contribution in [-0.2, 0) is 0 Å². The Morgan fingerprint density at radius 1 is 1.27 bits per heavy atom. The Labute approximate surface area is 132 Å². The van der Waals surface area contributed by atoms with Crippen molar-refractivity contribution in [2.75, 3.05) is 16.6 Å². The maximum Gasteiger partial charge on any atom is 0.184 e. The van der Waals surface area contributed by atoms with Crippen LogP contribution < -0.4 is 4.31 Å². The first-order valence-corrected chi connectivity index (χ1v) is 8.18. The third-order valence-electron chi connectivity index (χ3n) is 3.92. The zero-order chi connectivity index (χ0) is 14.9. The normalized spacial score (nSPS) is 18.0. The molecule has 1 aromatic carbocycles. The fraction of sp³-hybridized carbons (Fsp3) is 0.176. The minimum Gasteiger partial charge on any atom is -0.352 e. The number of H-pyrrole nitrogens is 1. The quantitative estimate of drug-likeness (QED) is 0.594. The first kappa shape index (κ1) is 13.4. The lowest BCUT2D eigenvalue weighted by Crippen LogP contribution is -2.22. The van der Waals surface area contributed by atoms with Crippen LogP contribution in [0.15, 0.2) is 54.9 Å². The van der Waals surface area contributed by atoms with E-state index in [2.05, 4.69) is 14.3 Å². The fourth-order valence-corrected chi connectivity index (χ4v) is 3.91. The number of hydrogen-bond acceptors (Lipinski definition) is 4. The molecule has 3 aromatic rings. The summed E-state index contributed by atoms with van der Waals surface area (Å²) in [4.78, 5) is 20.1. The lowest BCUT2D eigenvalue weighted by molar-refractivity contribution is 0.0936. The highest BCUT2D eigenvalue weighted by atomic mass is 32.2. The molecule has 1 aliphatic heterocycles. The lowest BCUT2D eigenvalue weighted by atomic mass is 10.0. The number of pyridine rings is 1. The Hall–Kier alpha value is -2.27. The summed E-state index contributed by atoms with van der Waals surface area (Å²) in [6.07, 6.45) is 3.60. The molecular formula is C17H15N3OS. The number of benzene rings is 1. The Kier molecular flexibility index (Phi) is 3.35. The van der Waals surface area contributed by atoms with Gasteiger partial charge in [0.05, 0.1) is 23.5 Å². The number of hydrogen-bond donors (Lipinski definition) is 1. The molecule has 22 heavy (non-hydrogen) atoms. The Balaban J connectivity index is 1.54. The van der Waals surface area contributed by atoms with Crippen molar-refractivity contribution in [2.24, 2.45) is 5.92 Å². The average Bonchev–Trinajstić information content (AvgIpc) is 3.22. The van der Waals surface area contributed by atoms with E-state index in [1.807, 2.05) is 48.7 Å². The third-order valence-corrected chi connectivity index (χ3v) is 5.14. The summed E-state index contributed by atoms with van der Waals surface area (Å²) in [5, 5.41) is 1.08. The smallest absolute Gasteiger partial charge is 0.184 e.